The minimum absolute atomic E-state index is 0.0793. The molecule has 0 N–H and O–H groups in total. The highest BCUT2D eigenvalue weighted by molar-refractivity contribution is 7.15. The largest absolute Gasteiger partial charge is 0.378 e. The van der Waals surface area contributed by atoms with Gasteiger partial charge in [0.15, 0.2) is 4.96 Å². The minimum Gasteiger partial charge on any atom is -0.378 e. The summed E-state index contributed by atoms with van der Waals surface area (Å²) in [6.45, 7) is 4.26. The third kappa shape index (κ3) is 2.65. The first-order valence-corrected chi connectivity index (χ1v) is 9.68. The number of anilines is 1. The Morgan fingerprint density at radius 1 is 1.27 bits per heavy atom. The van der Waals surface area contributed by atoms with E-state index in [0.717, 1.165) is 47.1 Å². The number of aromatic nitrogens is 3. The van der Waals surface area contributed by atoms with E-state index in [1.807, 2.05) is 39.3 Å². The predicted molar refractivity (Wildman–Crippen MR) is 98.8 cm³/mol. The van der Waals surface area contributed by atoms with E-state index < -0.39 is 0 Å². The van der Waals surface area contributed by atoms with Gasteiger partial charge in [0.25, 0.3) is 5.91 Å². The number of amides is 1. The fraction of sp³-hybridized carbons (Fsp3) is 0.389. The van der Waals surface area contributed by atoms with Gasteiger partial charge in [0.05, 0.1) is 42.4 Å². The van der Waals surface area contributed by atoms with Gasteiger partial charge in [-0.25, -0.2) is 4.98 Å². The molecule has 5 heterocycles. The second-order valence-corrected chi connectivity index (χ2v) is 7.43. The Hall–Kier alpha value is -2.45. The van der Waals surface area contributed by atoms with Crippen LogP contribution in [-0.4, -0.2) is 58.0 Å². The lowest BCUT2D eigenvalue weighted by Crippen LogP contribution is -2.37. The van der Waals surface area contributed by atoms with Gasteiger partial charge in [-0.05, 0) is 6.07 Å². The molecule has 3 aromatic heterocycles. The zero-order chi connectivity index (χ0) is 17.5. The summed E-state index contributed by atoms with van der Waals surface area (Å²) in [6, 6.07) is 1.95. The maximum absolute atomic E-state index is 13.0. The van der Waals surface area contributed by atoms with E-state index in [4.69, 9.17) is 4.74 Å². The average Bonchev–Trinajstić information content (AvgIpc) is 3.34. The second-order valence-electron chi connectivity index (χ2n) is 6.55. The van der Waals surface area contributed by atoms with Crippen molar-refractivity contribution in [2.75, 3.05) is 37.7 Å². The Morgan fingerprint density at radius 2 is 2.15 bits per heavy atom. The molecular formula is C18H19N5O2S. The quantitative estimate of drug-likeness (QED) is 0.702. The van der Waals surface area contributed by atoms with Crippen LogP contribution in [0.25, 0.3) is 4.96 Å². The molecule has 1 fully saturated rings. The van der Waals surface area contributed by atoms with Crippen LogP contribution in [0.5, 0.6) is 0 Å². The molecule has 26 heavy (non-hydrogen) atoms. The van der Waals surface area contributed by atoms with Gasteiger partial charge in [0.2, 0.25) is 0 Å². The zero-order valence-electron chi connectivity index (χ0n) is 14.3. The van der Waals surface area contributed by atoms with Crippen molar-refractivity contribution in [1.82, 2.24) is 19.3 Å². The monoisotopic (exact) mass is 369 g/mol. The van der Waals surface area contributed by atoms with Crippen molar-refractivity contribution in [3.05, 3.63) is 47.0 Å². The fourth-order valence-electron chi connectivity index (χ4n) is 3.65. The zero-order valence-corrected chi connectivity index (χ0v) is 15.1. The average molecular weight is 369 g/mol. The number of hydrogen-bond donors (Lipinski definition) is 0. The van der Waals surface area contributed by atoms with Crippen LogP contribution >= 0.6 is 11.3 Å². The summed E-state index contributed by atoms with van der Waals surface area (Å²) in [5.41, 5.74) is 3.65. The molecule has 0 radical (unpaired) electrons. The molecule has 0 spiro atoms. The third-order valence-electron chi connectivity index (χ3n) is 4.98. The van der Waals surface area contributed by atoms with E-state index in [0.29, 0.717) is 26.3 Å². The Morgan fingerprint density at radius 3 is 3.00 bits per heavy atom. The Bertz CT molecular complexity index is 931. The van der Waals surface area contributed by atoms with Gasteiger partial charge in [-0.1, -0.05) is 0 Å². The number of fused-ring (bicyclic) bond motifs is 2. The van der Waals surface area contributed by atoms with E-state index in [1.165, 1.54) is 0 Å². The molecule has 5 rings (SSSR count). The number of pyridine rings is 1. The highest BCUT2D eigenvalue weighted by Gasteiger charge is 2.32. The van der Waals surface area contributed by atoms with E-state index in [-0.39, 0.29) is 5.91 Å². The standard InChI is InChI=1S/C18H19N5O2S/c24-17-16-14(19-3-1-15(16)21-5-8-25-9-6-21)12-22(17)4-2-13-11-23-7-10-26-18(23)20-13/h1,3,7,10-11H,2,4-6,8-9,12H2. The van der Waals surface area contributed by atoms with Crippen molar-refractivity contribution in [3.8, 4) is 0 Å². The van der Waals surface area contributed by atoms with Crippen LogP contribution < -0.4 is 4.90 Å². The van der Waals surface area contributed by atoms with Crippen LogP contribution in [0, 0.1) is 0 Å². The summed E-state index contributed by atoms with van der Waals surface area (Å²) in [7, 11) is 0. The number of imidazole rings is 1. The van der Waals surface area contributed by atoms with Crippen LogP contribution in [0.4, 0.5) is 5.69 Å². The van der Waals surface area contributed by atoms with Gasteiger partial charge in [-0.2, -0.15) is 0 Å². The van der Waals surface area contributed by atoms with Gasteiger partial charge in [0.1, 0.15) is 0 Å². The molecule has 1 saturated heterocycles. The number of rotatable bonds is 4. The molecule has 1 amide bonds. The SMILES string of the molecule is O=C1c2c(N3CCOCC3)ccnc2CN1CCc1cn2ccsc2n1. The Balaban J connectivity index is 1.34. The Labute approximate surface area is 154 Å². The molecule has 3 aromatic rings. The van der Waals surface area contributed by atoms with Crippen LogP contribution in [0.2, 0.25) is 0 Å². The molecular weight excluding hydrogens is 350 g/mol. The number of nitrogens with zero attached hydrogens (tertiary/aromatic N) is 5. The van der Waals surface area contributed by atoms with Crippen molar-refractivity contribution >= 4 is 27.9 Å². The minimum atomic E-state index is 0.0793. The summed E-state index contributed by atoms with van der Waals surface area (Å²) >= 11 is 1.62. The summed E-state index contributed by atoms with van der Waals surface area (Å²) in [4.78, 5) is 27.2. The van der Waals surface area contributed by atoms with Gasteiger partial charge in [0, 0.05) is 50.0 Å². The molecule has 8 heteroatoms. The van der Waals surface area contributed by atoms with E-state index in [2.05, 4.69) is 14.9 Å². The topological polar surface area (TPSA) is 63.0 Å². The number of hydrogen-bond acceptors (Lipinski definition) is 6. The lowest BCUT2D eigenvalue weighted by molar-refractivity contribution is 0.0779. The summed E-state index contributed by atoms with van der Waals surface area (Å²) in [5.74, 6) is 0.0793. The molecule has 2 aliphatic heterocycles. The first-order chi connectivity index (χ1) is 12.8. The molecule has 2 aliphatic rings. The van der Waals surface area contributed by atoms with Crippen LogP contribution in [0.3, 0.4) is 0 Å². The molecule has 0 unspecified atom stereocenters. The molecule has 134 valence electrons. The summed E-state index contributed by atoms with van der Waals surface area (Å²) in [6.07, 6.45) is 6.60. The molecule has 0 aromatic carbocycles. The maximum atomic E-state index is 13.0. The van der Waals surface area contributed by atoms with Crippen molar-refractivity contribution < 1.29 is 9.53 Å². The molecule has 0 aliphatic carbocycles. The lowest BCUT2D eigenvalue weighted by Gasteiger charge is -2.30. The van der Waals surface area contributed by atoms with Gasteiger partial charge >= 0.3 is 0 Å². The lowest BCUT2D eigenvalue weighted by atomic mass is 10.1. The van der Waals surface area contributed by atoms with Gasteiger partial charge in [-0.3, -0.25) is 14.2 Å². The first-order valence-electron chi connectivity index (χ1n) is 8.80. The second kappa shape index (κ2) is 6.37. The first kappa shape index (κ1) is 15.8. The van der Waals surface area contributed by atoms with Crippen LogP contribution in [-0.2, 0) is 17.7 Å². The number of ether oxygens (including phenoxy) is 1. The maximum Gasteiger partial charge on any atom is 0.258 e. The number of carbonyl (C=O) groups excluding carboxylic acids is 1. The van der Waals surface area contributed by atoms with E-state index in [1.54, 1.807) is 11.3 Å². The molecule has 0 atom stereocenters. The molecule has 7 nitrogen and oxygen atoms in total. The highest BCUT2D eigenvalue weighted by Crippen LogP contribution is 2.30. The van der Waals surface area contributed by atoms with Crippen LogP contribution in [0.15, 0.2) is 30.0 Å². The van der Waals surface area contributed by atoms with Crippen molar-refractivity contribution in [1.29, 1.82) is 0 Å². The number of morpholine rings is 1. The highest BCUT2D eigenvalue weighted by atomic mass is 32.1. The van der Waals surface area contributed by atoms with Crippen molar-refractivity contribution in [3.63, 3.8) is 0 Å². The van der Waals surface area contributed by atoms with Gasteiger partial charge < -0.3 is 14.5 Å². The summed E-state index contributed by atoms with van der Waals surface area (Å²) < 4.78 is 7.46. The smallest absolute Gasteiger partial charge is 0.258 e. The van der Waals surface area contributed by atoms with Crippen molar-refractivity contribution in [2.24, 2.45) is 0 Å². The fourth-order valence-corrected chi connectivity index (χ4v) is 4.37. The van der Waals surface area contributed by atoms with Crippen molar-refractivity contribution in [2.45, 2.75) is 13.0 Å². The van der Waals surface area contributed by atoms with E-state index >= 15 is 0 Å². The normalized spacial score (nSPS) is 17.3. The molecule has 0 bridgehead atoms. The Kier molecular flexibility index (Phi) is 3.86. The predicted octanol–water partition coefficient (Wildman–Crippen LogP) is 1.83. The van der Waals surface area contributed by atoms with Gasteiger partial charge in [-0.15, -0.1) is 11.3 Å². The summed E-state index contributed by atoms with van der Waals surface area (Å²) in [5, 5.41) is 2.02. The van der Waals surface area contributed by atoms with E-state index in [9.17, 15) is 4.79 Å². The number of carbonyl (C=O) groups is 1. The van der Waals surface area contributed by atoms with Crippen LogP contribution in [0.1, 0.15) is 21.7 Å². The molecule has 0 saturated carbocycles. The third-order valence-corrected chi connectivity index (χ3v) is 5.75. The number of thiazole rings is 1.